The number of aliphatic hydroxyl groups is 1. The number of pyridine rings is 1. The van der Waals surface area contributed by atoms with Crippen LogP contribution in [0.4, 0.5) is 0 Å². The zero-order valence-corrected chi connectivity index (χ0v) is 8.07. The van der Waals surface area contributed by atoms with E-state index in [1.165, 1.54) is 0 Å². The Bertz CT molecular complexity index is 628. The van der Waals surface area contributed by atoms with Crippen LogP contribution in [-0.2, 0) is 6.61 Å². The van der Waals surface area contributed by atoms with Crippen molar-refractivity contribution in [3.8, 4) is 0 Å². The van der Waals surface area contributed by atoms with Crippen LogP contribution in [-0.4, -0.2) is 15.1 Å². The highest BCUT2D eigenvalue weighted by Gasteiger charge is 2.04. The van der Waals surface area contributed by atoms with E-state index < -0.39 is 0 Å². The predicted molar refractivity (Wildman–Crippen MR) is 59.5 cm³/mol. The largest absolute Gasteiger partial charge is 0.390 e. The number of aliphatic hydroxyl groups excluding tert-OH is 1. The van der Waals surface area contributed by atoms with E-state index in [1.54, 1.807) is 6.20 Å². The van der Waals surface area contributed by atoms with Gasteiger partial charge in [0.2, 0.25) is 0 Å². The van der Waals surface area contributed by atoms with Crippen LogP contribution in [0.15, 0.2) is 36.5 Å². The topological polar surface area (TPSA) is 48.9 Å². The molecule has 0 aliphatic rings. The molecule has 2 N–H and O–H groups in total. The van der Waals surface area contributed by atoms with E-state index in [2.05, 4.69) is 9.97 Å². The van der Waals surface area contributed by atoms with E-state index in [4.69, 9.17) is 5.11 Å². The molecule has 0 radical (unpaired) electrons. The van der Waals surface area contributed by atoms with E-state index in [0.29, 0.717) is 0 Å². The highest BCUT2D eigenvalue weighted by Crippen LogP contribution is 2.23. The molecule has 74 valence electrons. The lowest BCUT2D eigenvalue weighted by molar-refractivity contribution is 0.278. The van der Waals surface area contributed by atoms with E-state index in [-0.39, 0.29) is 6.61 Å². The molecule has 0 saturated heterocycles. The molecule has 3 heteroatoms. The Morgan fingerprint density at radius 3 is 2.93 bits per heavy atom. The average Bonchev–Trinajstić information content (AvgIpc) is 2.72. The van der Waals surface area contributed by atoms with Crippen molar-refractivity contribution >= 4 is 21.8 Å². The summed E-state index contributed by atoms with van der Waals surface area (Å²) in [5, 5.41) is 11.3. The zero-order chi connectivity index (χ0) is 10.3. The molecule has 0 amide bonds. The van der Waals surface area contributed by atoms with Gasteiger partial charge in [-0.25, -0.2) is 0 Å². The minimum atomic E-state index is 0.0308. The summed E-state index contributed by atoms with van der Waals surface area (Å²) in [5.41, 5.74) is 2.77. The molecular formula is C12H10N2O. The van der Waals surface area contributed by atoms with Gasteiger partial charge in [0.25, 0.3) is 0 Å². The van der Waals surface area contributed by atoms with Crippen LogP contribution in [0.2, 0.25) is 0 Å². The number of nitrogens with one attached hydrogen (secondary N) is 1. The number of aromatic amines is 1. The van der Waals surface area contributed by atoms with Crippen LogP contribution in [0.5, 0.6) is 0 Å². The summed E-state index contributed by atoms with van der Waals surface area (Å²) < 4.78 is 0. The summed E-state index contributed by atoms with van der Waals surface area (Å²) in [6, 6.07) is 9.98. The molecular weight excluding hydrogens is 188 g/mol. The maximum atomic E-state index is 9.06. The van der Waals surface area contributed by atoms with Crippen LogP contribution >= 0.6 is 0 Å². The average molecular weight is 198 g/mol. The van der Waals surface area contributed by atoms with Gasteiger partial charge in [0, 0.05) is 22.7 Å². The molecule has 2 heterocycles. The Hall–Kier alpha value is -1.87. The smallest absolute Gasteiger partial charge is 0.0942 e. The number of benzene rings is 1. The van der Waals surface area contributed by atoms with Crippen molar-refractivity contribution in [2.24, 2.45) is 0 Å². The van der Waals surface area contributed by atoms with Crippen molar-refractivity contribution in [1.29, 1.82) is 0 Å². The fourth-order valence-corrected chi connectivity index (χ4v) is 1.88. The molecule has 3 nitrogen and oxygen atoms in total. The third kappa shape index (κ3) is 1.21. The summed E-state index contributed by atoms with van der Waals surface area (Å²) in [5.74, 6) is 0. The number of nitrogens with zero attached hydrogens (tertiary/aromatic N) is 1. The SMILES string of the molecule is OCc1cc2ccc3cccnc3c2[nH]1. The molecule has 3 rings (SSSR count). The Morgan fingerprint density at radius 2 is 2.07 bits per heavy atom. The summed E-state index contributed by atoms with van der Waals surface area (Å²) in [7, 11) is 0. The molecule has 0 atom stereocenters. The predicted octanol–water partition coefficient (Wildman–Crippen LogP) is 2.21. The van der Waals surface area contributed by atoms with Crippen molar-refractivity contribution < 1.29 is 5.11 Å². The monoisotopic (exact) mass is 198 g/mol. The number of hydrogen-bond acceptors (Lipinski definition) is 2. The molecule has 2 aromatic heterocycles. The lowest BCUT2D eigenvalue weighted by Crippen LogP contribution is -1.81. The third-order valence-electron chi connectivity index (χ3n) is 2.59. The van der Waals surface area contributed by atoms with Gasteiger partial charge in [-0.05, 0) is 12.1 Å². The lowest BCUT2D eigenvalue weighted by atomic mass is 10.1. The second-order valence-electron chi connectivity index (χ2n) is 3.56. The number of rotatable bonds is 1. The van der Waals surface area contributed by atoms with Crippen molar-refractivity contribution in [2.75, 3.05) is 0 Å². The van der Waals surface area contributed by atoms with Crippen molar-refractivity contribution in [3.05, 3.63) is 42.2 Å². The molecule has 1 aromatic carbocycles. The third-order valence-corrected chi connectivity index (χ3v) is 2.59. The number of H-pyrrole nitrogens is 1. The van der Waals surface area contributed by atoms with Gasteiger partial charge in [-0.2, -0.15) is 0 Å². The Labute approximate surface area is 86.4 Å². The van der Waals surface area contributed by atoms with Gasteiger partial charge in [-0.15, -0.1) is 0 Å². The van der Waals surface area contributed by atoms with Gasteiger partial charge in [-0.1, -0.05) is 18.2 Å². The van der Waals surface area contributed by atoms with E-state index in [9.17, 15) is 0 Å². The van der Waals surface area contributed by atoms with Crippen LogP contribution in [0.1, 0.15) is 5.69 Å². The van der Waals surface area contributed by atoms with Gasteiger partial charge >= 0.3 is 0 Å². The maximum Gasteiger partial charge on any atom is 0.0942 e. The number of hydrogen-bond donors (Lipinski definition) is 2. The molecule has 0 aliphatic carbocycles. The van der Waals surface area contributed by atoms with Crippen LogP contribution < -0.4 is 0 Å². The van der Waals surface area contributed by atoms with Crippen LogP contribution in [0.3, 0.4) is 0 Å². The van der Waals surface area contributed by atoms with Crippen molar-refractivity contribution in [2.45, 2.75) is 6.61 Å². The summed E-state index contributed by atoms with van der Waals surface area (Å²) >= 11 is 0. The quantitative estimate of drug-likeness (QED) is 0.629. The first-order valence-electron chi connectivity index (χ1n) is 4.84. The maximum absolute atomic E-state index is 9.06. The highest BCUT2D eigenvalue weighted by molar-refractivity contribution is 6.03. The molecule has 0 bridgehead atoms. The second-order valence-corrected chi connectivity index (χ2v) is 3.56. The molecule has 0 aliphatic heterocycles. The van der Waals surface area contributed by atoms with Gasteiger partial charge in [-0.3, -0.25) is 4.98 Å². The molecule has 0 fully saturated rings. The van der Waals surface area contributed by atoms with Crippen molar-refractivity contribution in [1.82, 2.24) is 9.97 Å². The van der Waals surface area contributed by atoms with Gasteiger partial charge < -0.3 is 10.1 Å². The number of aromatic nitrogens is 2. The van der Waals surface area contributed by atoms with Gasteiger partial charge in [0.1, 0.15) is 0 Å². The molecule has 0 saturated carbocycles. The molecule has 3 aromatic rings. The zero-order valence-electron chi connectivity index (χ0n) is 8.07. The Balaban J connectivity index is 2.47. The van der Waals surface area contributed by atoms with Crippen LogP contribution in [0, 0.1) is 0 Å². The normalized spacial score (nSPS) is 11.3. The van der Waals surface area contributed by atoms with E-state index in [1.807, 2.05) is 30.3 Å². The van der Waals surface area contributed by atoms with Crippen molar-refractivity contribution in [3.63, 3.8) is 0 Å². The van der Waals surface area contributed by atoms with E-state index in [0.717, 1.165) is 27.5 Å². The fourth-order valence-electron chi connectivity index (χ4n) is 1.88. The minimum absolute atomic E-state index is 0.0308. The first-order chi connectivity index (χ1) is 7.38. The second kappa shape index (κ2) is 3.07. The molecule has 0 unspecified atom stereocenters. The summed E-state index contributed by atoms with van der Waals surface area (Å²) in [4.78, 5) is 7.52. The highest BCUT2D eigenvalue weighted by atomic mass is 16.3. The fraction of sp³-hybridized carbons (Fsp3) is 0.0833. The molecule has 15 heavy (non-hydrogen) atoms. The van der Waals surface area contributed by atoms with Gasteiger partial charge in [0.15, 0.2) is 0 Å². The van der Waals surface area contributed by atoms with Crippen LogP contribution in [0.25, 0.3) is 21.8 Å². The number of fused-ring (bicyclic) bond motifs is 3. The molecule has 0 spiro atoms. The Kier molecular flexibility index (Phi) is 1.73. The summed E-state index contributed by atoms with van der Waals surface area (Å²) in [6.07, 6.45) is 1.78. The Morgan fingerprint density at radius 1 is 1.20 bits per heavy atom. The minimum Gasteiger partial charge on any atom is -0.390 e. The van der Waals surface area contributed by atoms with Gasteiger partial charge in [0.05, 0.1) is 17.6 Å². The lowest BCUT2D eigenvalue weighted by Gasteiger charge is -1.97. The first kappa shape index (κ1) is 8.44. The standard InChI is InChI=1S/C12H10N2O/c15-7-10-6-9-4-3-8-2-1-5-13-11(8)12(9)14-10/h1-6,14-15H,7H2. The summed E-state index contributed by atoms with van der Waals surface area (Å²) in [6.45, 7) is 0.0308. The van der Waals surface area contributed by atoms with E-state index >= 15 is 0 Å². The first-order valence-corrected chi connectivity index (χ1v) is 4.84.